The van der Waals surface area contributed by atoms with Gasteiger partial charge in [-0.15, -0.1) is 34.0 Å². The standard InChI is InChI=1S/C17H17NS3/c1-4-12-10-13(21-14(12)5-1)11-18-17(15-6-2-8-19-15)16-7-3-9-20-16/h2-3,6-10,17-18H,1,4-5,11H2. The molecule has 3 heterocycles. The molecule has 0 unspecified atom stereocenters. The first-order valence-electron chi connectivity index (χ1n) is 7.31. The van der Waals surface area contributed by atoms with Crippen molar-refractivity contribution in [1.82, 2.24) is 5.32 Å². The average Bonchev–Trinajstić information content (AvgIpc) is 3.25. The van der Waals surface area contributed by atoms with Crippen molar-refractivity contribution in [2.75, 3.05) is 0 Å². The molecule has 0 fully saturated rings. The molecule has 0 aliphatic heterocycles. The quantitative estimate of drug-likeness (QED) is 0.674. The fourth-order valence-corrected chi connectivity index (χ4v) is 5.85. The summed E-state index contributed by atoms with van der Waals surface area (Å²) in [6.45, 7) is 0.970. The van der Waals surface area contributed by atoms with E-state index in [-0.39, 0.29) is 0 Å². The summed E-state index contributed by atoms with van der Waals surface area (Å²) >= 11 is 5.67. The van der Waals surface area contributed by atoms with Gasteiger partial charge in [-0.2, -0.15) is 0 Å². The van der Waals surface area contributed by atoms with Gasteiger partial charge in [0.05, 0.1) is 6.04 Å². The first kappa shape index (κ1) is 13.7. The van der Waals surface area contributed by atoms with Crippen molar-refractivity contribution in [3.8, 4) is 0 Å². The molecule has 4 rings (SSSR count). The molecule has 0 amide bonds. The summed E-state index contributed by atoms with van der Waals surface area (Å²) in [5.41, 5.74) is 1.60. The van der Waals surface area contributed by atoms with E-state index >= 15 is 0 Å². The molecule has 1 nitrogen and oxygen atoms in total. The first-order valence-corrected chi connectivity index (χ1v) is 9.88. The molecule has 4 heteroatoms. The summed E-state index contributed by atoms with van der Waals surface area (Å²) in [7, 11) is 0. The summed E-state index contributed by atoms with van der Waals surface area (Å²) in [5.74, 6) is 0. The molecule has 0 saturated carbocycles. The van der Waals surface area contributed by atoms with Gasteiger partial charge in [-0.25, -0.2) is 0 Å². The number of rotatable bonds is 5. The van der Waals surface area contributed by atoms with E-state index in [2.05, 4.69) is 46.4 Å². The Bertz CT molecular complexity index is 639. The summed E-state index contributed by atoms with van der Waals surface area (Å²) in [5, 5.41) is 8.09. The van der Waals surface area contributed by atoms with E-state index in [1.165, 1.54) is 33.9 Å². The maximum absolute atomic E-state index is 3.76. The zero-order valence-electron chi connectivity index (χ0n) is 11.7. The lowest BCUT2D eigenvalue weighted by Gasteiger charge is -2.15. The second kappa shape index (κ2) is 6.05. The summed E-state index contributed by atoms with van der Waals surface area (Å²) < 4.78 is 0. The zero-order valence-corrected chi connectivity index (χ0v) is 14.1. The Morgan fingerprint density at radius 2 is 1.81 bits per heavy atom. The minimum absolute atomic E-state index is 0.335. The van der Waals surface area contributed by atoms with Crippen LogP contribution in [-0.2, 0) is 19.4 Å². The van der Waals surface area contributed by atoms with Gasteiger partial charge in [0.1, 0.15) is 0 Å². The van der Waals surface area contributed by atoms with Crippen LogP contribution < -0.4 is 5.32 Å². The minimum atomic E-state index is 0.335. The van der Waals surface area contributed by atoms with Crippen molar-refractivity contribution in [2.24, 2.45) is 0 Å². The molecule has 0 saturated heterocycles. The van der Waals surface area contributed by atoms with Crippen LogP contribution in [0.1, 0.15) is 37.5 Å². The molecule has 0 radical (unpaired) electrons. The van der Waals surface area contributed by atoms with Crippen molar-refractivity contribution in [2.45, 2.75) is 31.8 Å². The molecule has 1 N–H and O–H groups in total. The highest BCUT2D eigenvalue weighted by atomic mass is 32.1. The van der Waals surface area contributed by atoms with Gasteiger partial charge in [0.25, 0.3) is 0 Å². The van der Waals surface area contributed by atoms with E-state index < -0.39 is 0 Å². The van der Waals surface area contributed by atoms with Crippen LogP contribution in [0.5, 0.6) is 0 Å². The molecule has 108 valence electrons. The van der Waals surface area contributed by atoms with Gasteiger partial charge in [-0.05, 0) is 53.8 Å². The predicted octanol–water partition coefficient (Wildman–Crippen LogP) is 5.24. The smallest absolute Gasteiger partial charge is 0.0767 e. The molecule has 0 aromatic carbocycles. The summed E-state index contributed by atoms with van der Waals surface area (Å²) in [4.78, 5) is 5.91. The highest BCUT2D eigenvalue weighted by molar-refractivity contribution is 7.12. The Hall–Kier alpha value is -0.940. The van der Waals surface area contributed by atoms with Gasteiger partial charge in [-0.1, -0.05) is 12.1 Å². The number of thiophene rings is 3. The van der Waals surface area contributed by atoms with E-state index in [0.717, 1.165) is 6.54 Å². The fourth-order valence-electron chi connectivity index (χ4n) is 2.93. The lowest BCUT2D eigenvalue weighted by molar-refractivity contribution is 0.626. The van der Waals surface area contributed by atoms with Crippen molar-refractivity contribution >= 4 is 34.0 Å². The van der Waals surface area contributed by atoms with Crippen molar-refractivity contribution in [3.05, 3.63) is 66.2 Å². The summed E-state index contributed by atoms with van der Waals surface area (Å²) in [6, 6.07) is 11.5. The second-order valence-corrected chi connectivity index (χ2v) is 8.54. The SMILES string of the molecule is c1csc(C(NCc2cc3c(s2)CCC3)c2cccs2)c1. The molecular formula is C17H17NS3. The Labute approximate surface area is 137 Å². The van der Waals surface area contributed by atoms with E-state index in [0.29, 0.717) is 6.04 Å². The Balaban J connectivity index is 1.52. The van der Waals surface area contributed by atoms with E-state index in [4.69, 9.17) is 0 Å². The molecule has 21 heavy (non-hydrogen) atoms. The Kier molecular flexibility index (Phi) is 3.95. The molecule has 0 bridgehead atoms. The maximum atomic E-state index is 3.76. The normalized spacial score (nSPS) is 14.0. The number of hydrogen-bond acceptors (Lipinski definition) is 4. The van der Waals surface area contributed by atoms with Crippen LogP contribution in [0.3, 0.4) is 0 Å². The maximum Gasteiger partial charge on any atom is 0.0767 e. The molecule has 3 aromatic heterocycles. The minimum Gasteiger partial charge on any atom is -0.300 e. The zero-order chi connectivity index (χ0) is 14.1. The van der Waals surface area contributed by atoms with E-state index in [9.17, 15) is 0 Å². The highest BCUT2D eigenvalue weighted by Crippen LogP contribution is 2.33. The number of fused-ring (bicyclic) bond motifs is 1. The lowest BCUT2D eigenvalue weighted by Crippen LogP contribution is -2.19. The van der Waals surface area contributed by atoms with Gasteiger partial charge in [0.15, 0.2) is 0 Å². The fraction of sp³-hybridized carbons (Fsp3) is 0.294. The van der Waals surface area contributed by atoms with Crippen molar-refractivity contribution in [1.29, 1.82) is 0 Å². The van der Waals surface area contributed by atoms with Crippen LogP contribution in [-0.4, -0.2) is 0 Å². The topological polar surface area (TPSA) is 12.0 Å². The predicted molar refractivity (Wildman–Crippen MR) is 93.7 cm³/mol. The molecule has 0 spiro atoms. The number of nitrogens with one attached hydrogen (secondary N) is 1. The molecular weight excluding hydrogens is 314 g/mol. The largest absolute Gasteiger partial charge is 0.300 e. The van der Waals surface area contributed by atoms with Crippen molar-refractivity contribution in [3.63, 3.8) is 0 Å². The van der Waals surface area contributed by atoms with Gasteiger partial charge >= 0.3 is 0 Å². The van der Waals surface area contributed by atoms with Crippen LogP contribution in [0.2, 0.25) is 0 Å². The van der Waals surface area contributed by atoms with E-state index in [1.807, 2.05) is 34.0 Å². The Morgan fingerprint density at radius 1 is 1.05 bits per heavy atom. The van der Waals surface area contributed by atoms with Crippen LogP contribution in [0, 0.1) is 0 Å². The van der Waals surface area contributed by atoms with Gasteiger partial charge < -0.3 is 0 Å². The average molecular weight is 332 g/mol. The van der Waals surface area contributed by atoms with Gasteiger partial charge in [-0.3, -0.25) is 5.32 Å². The number of aryl methyl sites for hydroxylation is 2. The van der Waals surface area contributed by atoms with E-state index in [1.54, 1.807) is 10.4 Å². The van der Waals surface area contributed by atoms with Crippen LogP contribution in [0.4, 0.5) is 0 Å². The molecule has 0 atom stereocenters. The van der Waals surface area contributed by atoms with Gasteiger partial charge in [0.2, 0.25) is 0 Å². The molecule has 1 aliphatic carbocycles. The van der Waals surface area contributed by atoms with Crippen LogP contribution in [0.25, 0.3) is 0 Å². The second-order valence-electron chi connectivity index (χ2n) is 5.36. The lowest BCUT2D eigenvalue weighted by atomic mass is 10.2. The third kappa shape index (κ3) is 2.86. The first-order chi connectivity index (χ1) is 10.4. The number of hydrogen-bond donors (Lipinski definition) is 1. The summed E-state index contributed by atoms with van der Waals surface area (Å²) in [6.07, 6.45) is 3.92. The Morgan fingerprint density at radius 3 is 2.43 bits per heavy atom. The molecule has 3 aromatic rings. The highest BCUT2D eigenvalue weighted by Gasteiger charge is 2.18. The third-order valence-corrected chi connectivity index (χ3v) is 7.04. The van der Waals surface area contributed by atoms with Crippen LogP contribution in [0.15, 0.2) is 41.1 Å². The van der Waals surface area contributed by atoms with Gasteiger partial charge in [0, 0.05) is 26.1 Å². The monoisotopic (exact) mass is 331 g/mol. The van der Waals surface area contributed by atoms with Crippen LogP contribution >= 0.6 is 34.0 Å². The van der Waals surface area contributed by atoms with Crippen molar-refractivity contribution < 1.29 is 0 Å². The molecule has 1 aliphatic rings. The third-order valence-electron chi connectivity index (χ3n) is 3.93.